The second kappa shape index (κ2) is 10.4. The Labute approximate surface area is 181 Å². The first kappa shape index (κ1) is 22.1. The lowest BCUT2D eigenvalue weighted by Crippen LogP contribution is -2.36. The predicted octanol–water partition coefficient (Wildman–Crippen LogP) is 3.40. The highest BCUT2D eigenvalue weighted by Crippen LogP contribution is 2.44. The van der Waals surface area contributed by atoms with Gasteiger partial charge in [-0.15, -0.1) is 6.58 Å². The first-order valence-electron chi connectivity index (χ1n) is 10.2. The molecule has 2 amide bonds. The van der Waals surface area contributed by atoms with Crippen molar-refractivity contribution in [1.82, 2.24) is 10.2 Å². The smallest absolute Gasteiger partial charge is 0.407 e. The molecule has 0 heterocycles. The van der Waals surface area contributed by atoms with Gasteiger partial charge < -0.3 is 20.1 Å². The summed E-state index contributed by atoms with van der Waals surface area (Å²) in [4.78, 5) is 36.3. The van der Waals surface area contributed by atoms with Crippen LogP contribution in [0.3, 0.4) is 0 Å². The minimum Gasteiger partial charge on any atom is -0.480 e. The van der Waals surface area contributed by atoms with E-state index in [1.165, 1.54) is 11.0 Å². The molecule has 162 valence electrons. The molecule has 31 heavy (non-hydrogen) atoms. The number of aliphatic carboxylic acids is 1. The molecule has 3 rings (SSSR count). The SMILES string of the molecule is C=CCN(CC(=O)O)C(=O)CCCNC(=O)OCC1c2ccccc2-c2ccccc21. The third-order valence-corrected chi connectivity index (χ3v) is 5.21. The van der Waals surface area contributed by atoms with E-state index in [0.29, 0.717) is 6.42 Å². The van der Waals surface area contributed by atoms with Gasteiger partial charge in [0.1, 0.15) is 13.2 Å². The van der Waals surface area contributed by atoms with E-state index in [1.54, 1.807) is 0 Å². The number of carboxylic acids is 1. The van der Waals surface area contributed by atoms with Gasteiger partial charge in [0, 0.05) is 25.4 Å². The third-order valence-electron chi connectivity index (χ3n) is 5.21. The normalized spacial score (nSPS) is 11.9. The highest BCUT2D eigenvalue weighted by Gasteiger charge is 2.28. The van der Waals surface area contributed by atoms with Crippen LogP contribution in [-0.2, 0) is 14.3 Å². The molecule has 1 aliphatic rings. The van der Waals surface area contributed by atoms with Crippen LogP contribution in [0.25, 0.3) is 11.1 Å². The van der Waals surface area contributed by atoms with Crippen LogP contribution in [-0.4, -0.2) is 54.2 Å². The van der Waals surface area contributed by atoms with Crippen molar-refractivity contribution in [1.29, 1.82) is 0 Å². The number of ether oxygens (including phenoxy) is 1. The number of benzene rings is 2. The third kappa shape index (κ3) is 5.51. The van der Waals surface area contributed by atoms with Crippen LogP contribution in [0.15, 0.2) is 61.2 Å². The van der Waals surface area contributed by atoms with Crippen LogP contribution in [0.4, 0.5) is 4.79 Å². The Balaban J connectivity index is 1.45. The number of nitrogens with zero attached hydrogens (tertiary/aromatic N) is 1. The van der Waals surface area contributed by atoms with E-state index in [1.807, 2.05) is 24.3 Å². The lowest BCUT2D eigenvalue weighted by Gasteiger charge is -2.18. The van der Waals surface area contributed by atoms with Crippen LogP contribution in [0.1, 0.15) is 29.9 Å². The van der Waals surface area contributed by atoms with Crippen LogP contribution in [0, 0.1) is 0 Å². The van der Waals surface area contributed by atoms with Crippen molar-refractivity contribution in [2.24, 2.45) is 0 Å². The molecule has 7 nitrogen and oxygen atoms in total. The Kier molecular flexibility index (Phi) is 7.43. The second-order valence-corrected chi connectivity index (χ2v) is 7.31. The summed E-state index contributed by atoms with van der Waals surface area (Å²) in [7, 11) is 0. The van der Waals surface area contributed by atoms with E-state index in [0.717, 1.165) is 22.3 Å². The van der Waals surface area contributed by atoms with E-state index in [2.05, 4.69) is 36.2 Å². The average Bonchev–Trinajstić information content (AvgIpc) is 3.08. The zero-order valence-electron chi connectivity index (χ0n) is 17.3. The fourth-order valence-corrected chi connectivity index (χ4v) is 3.81. The van der Waals surface area contributed by atoms with Crippen molar-refractivity contribution >= 4 is 18.0 Å². The number of hydrogen-bond acceptors (Lipinski definition) is 4. The van der Waals surface area contributed by atoms with Crippen molar-refractivity contribution < 1.29 is 24.2 Å². The molecular weight excluding hydrogens is 396 g/mol. The molecule has 7 heteroatoms. The Bertz CT molecular complexity index is 926. The average molecular weight is 422 g/mol. The molecule has 0 saturated carbocycles. The fourth-order valence-electron chi connectivity index (χ4n) is 3.81. The maximum atomic E-state index is 12.1. The Morgan fingerprint density at radius 3 is 2.26 bits per heavy atom. The molecule has 2 N–H and O–H groups in total. The number of alkyl carbamates (subject to hydrolysis) is 1. The lowest BCUT2D eigenvalue weighted by molar-refractivity contribution is -0.144. The lowest BCUT2D eigenvalue weighted by atomic mass is 9.98. The largest absolute Gasteiger partial charge is 0.480 e. The van der Waals surface area contributed by atoms with Crippen LogP contribution < -0.4 is 5.32 Å². The quantitative estimate of drug-likeness (QED) is 0.452. The molecule has 0 fully saturated rings. The van der Waals surface area contributed by atoms with Crippen molar-refractivity contribution in [2.75, 3.05) is 26.2 Å². The van der Waals surface area contributed by atoms with Gasteiger partial charge in [0.25, 0.3) is 0 Å². The number of carbonyl (C=O) groups excluding carboxylic acids is 2. The van der Waals surface area contributed by atoms with Crippen molar-refractivity contribution in [3.63, 3.8) is 0 Å². The first-order chi connectivity index (χ1) is 15.0. The summed E-state index contributed by atoms with van der Waals surface area (Å²) in [6.07, 6.45) is 1.46. The fraction of sp³-hybridized carbons (Fsp3) is 0.292. The van der Waals surface area contributed by atoms with Crippen LogP contribution in [0.2, 0.25) is 0 Å². The van der Waals surface area contributed by atoms with Gasteiger partial charge in [-0.25, -0.2) is 4.79 Å². The summed E-state index contributed by atoms with van der Waals surface area (Å²) >= 11 is 0. The van der Waals surface area contributed by atoms with E-state index in [-0.39, 0.29) is 44.5 Å². The number of carbonyl (C=O) groups is 3. The van der Waals surface area contributed by atoms with Crippen LogP contribution in [0.5, 0.6) is 0 Å². The highest BCUT2D eigenvalue weighted by atomic mass is 16.5. The summed E-state index contributed by atoms with van der Waals surface area (Å²) in [6, 6.07) is 16.2. The van der Waals surface area contributed by atoms with E-state index >= 15 is 0 Å². The number of rotatable bonds is 10. The summed E-state index contributed by atoms with van der Waals surface area (Å²) in [6.45, 7) is 3.82. The minimum atomic E-state index is -1.08. The second-order valence-electron chi connectivity index (χ2n) is 7.31. The van der Waals surface area contributed by atoms with Crippen LogP contribution >= 0.6 is 0 Å². The van der Waals surface area contributed by atoms with Gasteiger partial charge in [-0.2, -0.15) is 0 Å². The van der Waals surface area contributed by atoms with Gasteiger partial charge in [-0.05, 0) is 28.7 Å². The molecule has 2 aromatic carbocycles. The summed E-state index contributed by atoms with van der Waals surface area (Å²) in [5, 5.41) is 11.5. The Hall–Kier alpha value is -3.61. The first-order valence-corrected chi connectivity index (χ1v) is 10.2. The summed E-state index contributed by atoms with van der Waals surface area (Å²) in [5.41, 5.74) is 4.61. The van der Waals surface area contributed by atoms with Gasteiger partial charge in [0.15, 0.2) is 0 Å². The number of fused-ring (bicyclic) bond motifs is 3. The zero-order chi connectivity index (χ0) is 22.2. The van der Waals surface area contributed by atoms with E-state index in [9.17, 15) is 14.4 Å². The maximum absolute atomic E-state index is 12.1. The molecule has 0 saturated heterocycles. The topological polar surface area (TPSA) is 95.9 Å². The highest BCUT2D eigenvalue weighted by molar-refractivity contribution is 5.81. The van der Waals surface area contributed by atoms with Gasteiger partial charge in [-0.1, -0.05) is 54.6 Å². The molecular formula is C24H26N2O5. The molecule has 0 unspecified atom stereocenters. The monoisotopic (exact) mass is 422 g/mol. The van der Waals surface area contributed by atoms with Crippen molar-refractivity contribution in [3.05, 3.63) is 72.3 Å². The number of amides is 2. The standard InChI is InChI=1S/C24H26N2O5/c1-2-14-26(15-23(28)29)22(27)12-7-13-25-24(30)31-16-21-19-10-5-3-8-17(19)18-9-4-6-11-20(18)21/h2-6,8-11,21H,1,7,12-16H2,(H,25,30)(H,28,29). The summed E-state index contributed by atoms with van der Waals surface area (Å²) in [5.74, 6) is -1.38. The molecule has 0 aromatic heterocycles. The predicted molar refractivity (Wildman–Crippen MR) is 117 cm³/mol. The van der Waals surface area contributed by atoms with Crippen molar-refractivity contribution in [3.8, 4) is 11.1 Å². The molecule has 0 bridgehead atoms. The molecule has 0 atom stereocenters. The summed E-state index contributed by atoms with van der Waals surface area (Å²) < 4.78 is 5.45. The van der Waals surface area contributed by atoms with E-state index in [4.69, 9.17) is 9.84 Å². The molecule has 2 aromatic rings. The Morgan fingerprint density at radius 1 is 1.06 bits per heavy atom. The number of nitrogens with one attached hydrogen (secondary N) is 1. The minimum absolute atomic E-state index is 0.0109. The van der Waals surface area contributed by atoms with Crippen molar-refractivity contribution in [2.45, 2.75) is 18.8 Å². The van der Waals surface area contributed by atoms with E-state index < -0.39 is 12.1 Å². The van der Waals surface area contributed by atoms with Gasteiger partial charge in [0.2, 0.25) is 5.91 Å². The Morgan fingerprint density at radius 2 is 1.68 bits per heavy atom. The number of hydrogen-bond donors (Lipinski definition) is 2. The molecule has 0 spiro atoms. The maximum Gasteiger partial charge on any atom is 0.407 e. The zero-order valence-corrected chi connectivity index (χ0v) is 17.3. The van der Waals surface area contributed by atoms with Gasteiger partial charge >= 0.3 is 12.1 Å². The molecule has 0 radical (unpaired) electrons. The molecule has 1 aliphatic carbocycles. The number of carboxylic acid groups (broad SMARTS) is 1. The molecule has 0 aliphatic heterocycles. The van der Waals surface area contributed by atoms with Gasteiger partial charge in [-0.3, -0.25) is 9.59 Å². The van der Waals surface area contributed by atoms with Gasteiger partial charge in [0.05, 0.1) is 0 Å².